The van der Waals surface area contributed by atoms with Crippen molar-refractivity contribution in [3.63, 3.8) is 0 Å². The predicted molar refractivity (Wildman–Crippen MR) is 55.6 cm³/mol. The molecule has 6 heteroatoms. The second-order valence-electron chi connectivity index (χ2n) is 3.37. The summed E-state index contributed by atoms with van der Waals surface area (Å²) in [6.07, 6.45) is -4.73. The molecule has 16 heavy (non-hydrogen) atoms. The summed E-state index contributed by atoms with van der Waals surface area (Å²) >= 11 is 5.67. The van der Waals surface area contributed by atoms with Gasteiger partial charge in [0.2, 0.25) is 0 Å². The Balaban J connectivity index is 2.92. The lowest BCUT2D eigenvalue weighted by atomic mass is 10.0. The van der Waals surface area contributed by atoms with Gasteiger partial charge in [-0.1, -0.05) is 24.6 Å². The first-order valence-corrected chi connectivity index (χ1v) is 4.96. The van der Waals surface area contributed by atoms with E-state index in [0.717, 1.165) is 5.56 Å². The predicted octanol–water partition coefficient (Wildman–Crippen LogP) is 3.30. The number of benzene rings is 1. The standard InChI is InChI=1S/C10H11ClF3NO/c1-6(5-15)7-2-3-9(8(11)4-7)16-10(12,13)14/h2-4,6H,5,15H2,1H3. The lowest BCUT2D eigenvalue weighted by Crippen LogP contribution is -2.17. The Kier molecular flexibility index (Phi) is 4.04. The van der Waals surface area contributed by atoms with Crippen molar-refractivity contribution < 1.29 is 17.9 Å². The molecule has 0 aromatic heterocycles. The summed E-state index contributed by atoms with van der Waals surface area (Å²) in [7, 11) is 0. The Morgan fingerprint density at radius 1 is 1.44 bits per heavy atom. The molecule has 0 bridgehead atoms. The number of alkyl halides is 3. The van der Waals surface area contributed by atoms with Crippen molar-refractivity contribution in [3.05, 3.63) is 28.8 Å². The zero-order valence-corrected chi connectivity index (χ0v) is 9.27. The Morgan fingerprint density at radius 3 is 2.50 bits per heavy atom. The molecule has 1 unspecified atom stereocenters. The number of hydrogen-bond acceptors (Lipinski definition) is 2. The zero-order chi connectivity index (χ0) is 12.3. The smallest absolute Gasteiger partial charge is 0.404 e. The second-order valence-corrected chi connectivity index (χ2v) is 3.78. The Hall–Kier alpha value is -0.940. The van der Waals surface area contributed by atoms with Gasteiger partial charge in [-0.25, -0.2) is 0 Å². The van der Waals surface area contributed by atoms with Crippen LogP contribution in [0.2, 0.25) is 5.02 Å². The number of hydrogen-bond donors (Lipinski definition) is 1. The molecule has 0 fully saturated rings. The van der Waals surface area contributed by atoms with Crippen molar-refractivity contribution in [2.45, 2.75) is 19.2 Å². The van der Waals surface area contributed by atoms with Gasteiger partial charge in [-0.3, -0.25) is 0 Å². The SMILES string of the molecule is CC(CN)c1ccc(OC(F)(F)F)c(Cl)c1. The average Bonchev–Trinajstić information content (AvgIpc) is 2.18. The maximum Gasteiger partial charge on any atom is 0.573 e. The summed E-state index contributed by atoms with van der Waals surface area (Å²) in [5.41, 5.74) is 6.22. The average molecular weight is 254 g/mol. The van der Waals surface area contributed by atoms with Gasteiger partial charge in [0.1, 0.15) is 5.75 Å². The summed E-state index contributed by atoms with van der Waals surface area (Å²) in [6, 6.07) is 4.14. The molecule has 1 aromatic rings. The molecule has 0 saturated carbocycles. The Bertz CT molecular complexity index is 368. The summed E-state index contributed by atoms with van der Waals surface area (Å²) in [5, 5.41) is -0.0740. The molecule has 0 aliphatic carbocycles. The van der Waals surface area contributed by atoms with E-state index in [2.05, 4.69) is 4.74 Å². The minimum atomic E-state index is -4.73. The molecular weight excluding hydrogens is 243 g/mol. The van der Waals surface area contributed by atoms with Crippen LogP contribution in [0.3, 0.4) is 0 Å². The zero-order valence-electron chi connectivity index (χ0n) is 8.51. The first-order valence-electron chi connectivity index (χ1n) is 4.58. The fraction of sp³-hybridized carbons (Fsp3) is 0.400. The second kappa shape index (κ2) is 4.93. The highest BCUT2D eigenvalue weighted by molar-refractivity contribution is 6.32. The molecule has 0 saturated heterocycles. The molecule has 1 atom stereocenters. The van der Waals surface area contributed by atoms with Gasteiger partial charge >= 0.3 is 6.36 Å². The van der Waals surface area contributed by atoms with E-state index in [1.54, 1.807) is 0 Å². The molecular formula is C10H11ClF3NO. The van der Waals surface area contributed by atoms with Gasteiger partial charge in [0.05, 0.1) is 5.02 Å². The van der Waals surface area contributed by atoms with E-state index >= 15 is 0 Å². The van der Waals surface area contributed by atoms with Gasteiger partial charge in [-0.05, 0) is 30.2 Å². The van der Waals surface area contributed by atoms with E-state index in [0.29, 0.717) is 6.54 Å². The fourth-order valence-corrected chi connectivity index (χ4v) is 1.39. The third-order valence-electron chi connectivity index (χ3n) is 2.10. The Labute approximate surface area is 96.1 Å². The van der Waals surface area contributed by atoms with Crippen molar-refractivity contribution in [1.29, 1.82) is 0 Å². The van der Waals surface area contributed by atoms with Crippen molar-refractivity contribution in [2.75, 3.05) is 6.54 Å². The van der Waals surface area contributed by atoms with Crippen LogP contribution in [0, 0.1) is 0 Å². The molecule has 0 amide bonds. The molecule has 1 rings (SSSR count). The van der Waals surface area contributed by atoms with Crippen LogP contribution in [0.5, 0.6) is 5.75 Å². The van der Waals surface area contributed by atoms with E-state index in [1.165, 1.54) is 18.2 Å². The van der Waals surface area contributed by atoms with E-state index in [4.69, 9.17) is 17.3 Å². The highest BCUT2D eigenvalue weighted by atomic mass is 35.5. The summed E-state index contributed by atoms with van der Waals surface area (Å²) in [4.78, 5) is 0. The van der Waals surface area contributed by atoms with E-state index in [9.17, 15) is 13.2 Å². The highest BCUT2D eigenvalue weighted by Gasteiger charge is 2.32. The molecule has 0 aliphatic rings. The van der Waals surface area contributed by atoms with E-state index in [-0.39, 0.29) is 10.9 Å². The summed E-state index contributed by atoms with van der Waals surface area (Å²) in [5.74, 6) is -0.362. The minimum Gasteiger partial charge on any atom is -0.404 e. The van der Waals surface area contributed by atoms with Crippen molar-refractivity contribution in [1.82, 2.24) is 0 Å². The van der Waals surface area contributed by atoms with Crippen LogP contribution in [0.25, 0.3) is 0 Å². The van der Waals surface area contributed by atoms with Crippen LogP contribution in [-0.4, -0.2) is 12.9 Å². The van der Waals surface area contributed by atoms with Crippen LogP contribution in [0.15, 0.2) is 18.2 Å². The molecule has 0 aliphatic heterocycles. The molecule has 1 aromatic carbocycles. The van der Waals surface area contributed by atoms with Crippen LogP contribution in [0.4, 0.5) is 13.2 Å². The third-order valence-corrected chi connectivity index (χ3v) is 2.40. The molecule has 0 spiro atoms. The van der Waals surface area contributed by atoms with Crippen LogP contribution >= 0.6 is 11.6 Å². The molecule has 0 radical (unpaired) electrons. The van der Waals surface area contributed by atoms with Crippen molar-refractivity contribution >= 4 is 11.6 Å². The summed E-state index contributed by atoms with van der Waals surface area (Å²) in [6.45, 7) is 2.26. The largest absolute Gasteiger partial charge is 0.573 e. The normalized spacial score (nSPS) is 13.6. The van der Waals surface area contributed by atoms with Gasteiger partial charge in [-0.2, -0.15) is 0 Å². The fourth-order valence-electron chi connectivity index (χ4n) is 1.17. The van der Waals surface area contributed by atoms with Gasteiger partial charge in [0, 0.05) is 0 Å². The number of halogens is 4. The first kappa shape index (κ1) is 13.1. The highest BCUT2D eigenvalue weighted by Crippen LogP contribution is 2.32. The third kappa shape index (κ3) is 3.57. The van der Waals surface area contributed by atoms with Crippen molar-refractivity contribution in [2.24, 2.45) is 5.73 Å². The van der Waals surface area contributed by atoms with Crippen LogP contribution < -0.4 is 10.5 Å². The van der Waals surface area contributed by atoms with Gasteiger partial charge in [0.25, 0.3) is 0 Å². The van der Waals surface area contributed by atoms with E-state index in [1.807, 2.05) is 6.92 Å². The lowest BCUT2D eigenvalue weighted by Gasteiger charge is -2.13. The maximum atomic E-state index is 11.9. The van der Waals surface area contributed by atoms with Gasteiger partial charge < -0.3 is 10.5 Å². The number of rotatable bonds is 3. The van der Waals surface area contributed by atoms with Crippen LogP contribution in [-0.2, 0) is 0 Å². The van der Waals surface area contributed by atoms with Gasteiger partial charge in [-0.15, -0.1) is 13.2 Å². The van der Waals surface area contributed by atoms with E-state index < -0.39 is 12.1 Å². The topological polar surface area (TPSA) is 35.2 Å². The number of nitrogens with two attached hydrogens (primary N) is 1. The van der Waals surface area contributed by atoms with Crippen molar-refractivity contribution in [3.8, 4) is 5.75 Å². The molecule has 2 N–H and O–H groups in total. The lowest BCUT2D eigenvalue weighted by molar-refractivity contribution is -0.274. The molecule has 90 valence electrons. The molecule has 0 heterocycles. The minimum absolute atomic E-state index is 0.0393. The first-order chi connectivity index (χ1) is 7.33. The monoisotopic (exact) mass is 253 g/mol. The quantitative estimate of drug-likeness (QED) is 0.897. The maximum absolute atomic E-state index is 11.9. The van der Waals surface area contributed by atoms with Gasteiger partial charge in [0.15, 0.2) is 0 Å². The number of ether oxygens (including phenoxy) is 1. The summed E-state index contributed by atoms with van der Waals surface area (Å²) < 4.78 is 39.6. The van der Waals surface area contributed by atoms with Crippen LogP contribution in [0.1, 0.15) is 18.4 Å². The molecule has 2 nitrogen and oxygen atoms in total. The Morgan fingerprint density at radius 2 is 2.06 bits per heavy atom.